The predicted octanol–water partition coefficient (Wildman–Crippen LogP) is 1.62. The molecule has 6 N–H and O–H groups in total. The standard InChI is InChI=1S/C12H14N2O2.C4H10O/c13-10-4-1-8(2-5-10)9-3-6-11(14)12(15,16)7-9;1-3-5-4-2/h1-6,15-16H,7,13-14H2;3-4H2,1-2H3. The third kappa shape index (κ3) is 5.23. The molecule has 0 atom stereocenters. The summed E-state index contributed by atoms with van der Waals surface area (Å²) in [4.78, 5) is 0. The number of nitrogens with two attached hydrogens (primary N) is 2. The minimum atomic E-state index is -1.95. The Balaban J connectivity index is 0.000000383. The van der Waals surface area contributed by atoms with Crippen molar-refractivity contribution in [3.63, 3.8) is 0 Å². The van der Waals surface area contributed by atoms with E-state index >= 15 is 0 Å². The van der Waals surface area contributed by atoms with Crippen molar-refractivity contribution in [3.05, 3.63) is 47.7 Å². The third-order valence-electron chi connectivity index (χ3n) is 3.05. The first-order chi connectivity index (χ1) is 9.90. The highest BCUT2D eigenvalue weighted by molar-refractivity contribution is 5.70. The van der Waals surface area contributed by atoms with E-state index in [-0.39, 0.29) is 12.1 Å². The molecule has 116 valence electrons. The van der Waals surface area contributed by atoms with Gasteiger partial charge in [-0.15, -0.1) is 0 Å². The van der Waals surface area contributed by atoms with Gasteiger partial charge in [0.05, 0.1) is 5.70 Å². The van der Waals surface area contributed by atoms with Crippen LogP contribution in [0.4, 0.5) is 5.69 Å². The number of allylic oxidation sites excluding steroid dienone is 2. The number of anilines is 1. The minimum Gasteiger partial charge on any atom is -0.399 e. The zero-order valence-electron chi connectivity index (χ0n) is 12.5. The highest BCUT2D eigenvalue weighted by Gasteiger charge is 2.30. The number of rotatable bonds is 3. The average Bonchev–Trinajstić information content (AvgIpc) is 2.44. The Morgan fingerprint density at radius 1 is 1.05 bits per heavy atom. The second kappa shape index (κ2) is 7.83. The first-order valence-corrected chi connectivity index (χ1v) is 6.96. The maximum absolute atomic E-state index is 9.63. The molecule has 0 amide bonds. The summed E-state index contributed by atoms with van der Waals surface area (Å²) in [6.45, 7) is 5.67. The Bertz CT molecular complexity index is 503. The van der Waals surface area contributed by atoms with Crippen molar-refractivity contribution in [1.29, 1.82) is 0 Å². The summed E-state index contributed by atoms with van der Waals surface area (Å²) in [5.74, 6) is -1.95. The van der Waals surface area contributed by atoms with Crippen molar-refractivity contribution >= 4 is 11.3 Å². The van der Waals surface area contributed by atoms with Crippen molar-refractivity contribution in [2.75, 3.05) is 18.9 Å². The van der Waals surface area contributed by atoms with Crippen LogP contribution < -0.4 is 11.5 Å². The van der Waals surface area contributed by atoms with Gasteiger partial charge in [0.25, 0.3) is 0 Å². The Labute approximate surface area is 125 Å². The first kappa shape index (κ1) is 17.2. The average molecular weight is 292 g/mol. The van der Waals surface area contributed by atoms with Gasteiger partial charge in [-0.25, -0.2) is 0 Å². The molecule has 1 aromatic carbocycles. The Morgan fingerprint density at radius 3 is 2.05 bits per heavy atom. The van der Waals surface area contributed by atoms with Gasteiger partial charge in [-0.1, -0.05) is 18.2 Å². The quantitative estimate of drug-likeness (QED) is 0.501. The van der Waals surface area contributed by atoms with Gasteiger partial charge in [0.2, 0.25) is 5.79 Å². The molecular formula is C16H24N2O3. The zero-order chi connectivity index (χ0) is 15.9. The maximum Gasteiger partial charge on any atom is 0.208 e. The van der Waals surface area contributed by atoms with E-state index in [4.69, 9.17) is 16.2 Å². The summed E-state index contributed by atoms with van der Waals surface area (Å²) in [6, 6.07) is 7.22. The third-order valence-corrected chi connectivity index (χ3v) is 3.05. The van der Waals surface area contributed by atoms with E-state index < -0.39 is 5.79 Å². The van der Waals surface area contributed by atoms with E-state index in [1.807, 2.05) is 26.0 Å². The number of nitrogen functional groups attached to an aromatic ring is 1. The zero-order valence-corrected chi connectivity index (χ0v) is 12.5. The van der Waals surface area contributed by atoms with Crippen LogP contribution in [0, 0.1) is 0 Å². The summed E-state index contributed by atoms with van der Waals surface area (Å²) in [5, 5.41) is 19.3. The van der Waals surface area contributed by atoms with Gasteiger partial charge in [0.15, 0.2) is 0 Å². The van der Waals surface area contributed by atoms with Crippen LogP contribution in [0.2, 0.25) is 0 Å². The number of aliphatic hydroxyl groups is 2. The topological polar surface area (TPSA) is 102 Å². The minimum absolute atomic E-state index is 0.0618. The van der Waals surface area contributed by atoms with Gasteiger partial charge < -0.3 is 26.4 Å². The molecule has 21 heavy (non-hydrogen) atoms. The molecule has 0 bridgehead atoms. The van der Waals surface area contributed by atoms with E-state index in [9.17, 15) is 10.2 Å². The molecule has 1 aromatic rings. The summed E-state index contributed by atoms with van der Waals surface area (Å²) < 4.78 is 4.83. The molecule has 2 rings (SSSR count). The lowest BCUT2D eigenvalue weighted by molar-refractivity contribution is -0.124. The van der Waals surface area contributed by atoms with Gasteiger partial charge in [-0.05, 0) is 43.2 Å². The van der Waals surface area contributed by atoms with Gasteiger partial charge >= 0.3 is 0 Å². The van der Waals surface area contributed by atoms with Gasteiger partial charge in [0.1, 0.15) is 0 Å². The number of hydrogen-bond donors (Lipinski definition) is 4. The summed E-state index contributed by atoms with van der Waals surface area (Å²) in [6.07, 6.45) is 3.37. The lowest BCUT2D eigenvalue weighted by Crippen LogP contribution is -2.36. The molecular weight excluding hydrogens is 268 g/mol. The molecule has 0 unspecified atom stereocenters. The van der Waals surface area contributed by atoms with Crippen molar-refractivity contribution in [2.24, 2.45) is 5.73 Å². The van der Waals surface area contributed by atoms with Crippen LogP contribution in [0.25, 0.3) is 5.57 Å². The van der Waals surface area contributed by atoms with Gasteiger partial charge in [0, 0.05) is 25.3 Å². The molecule has 0 aliphatic heterocycles. The number of benzene rings is 1. The molecule has 0 fully saturated rings. The van der Waals surface area contributed by atoms with Crippen LogP contribution >= 0.6 is 0 Å². The highest BCUT2D eigenvalue weighted by atomic mass is 16.5. The fourth-order valence-corrected chi connectivity index (χ4v) is 1.85. The molecule has 0 radical (unpaired) electrons. The van der Waals surface area contributed by atoms with E-state index in [0.29, 0.717) is 5.69 Å². The van der Waals surface area contributed by atoms with Gasteiger partial charge in [-0.3, -0.25) is 0 Å². The van der Waals surface area contributed by atoms with Crippen LogP contribution in [-0.4, -0.2) is 29.2 Å². The smallest absolute Gasteiger partial charge is 0.208 e. The molecule has 0 aromatic heterocycles. The predicted molar refractivity (Wildman–Crippen MR) is 85.1 cm³/mol. The Kier molecular flexibility index (Phi) is 6.42. The molecule has 0 saturated heterocycles. The second-order valence-corrected chi connectivity index (χ2v) is 4.71. The van der Waals surface area contributed by atoms with Gasteiger partial charge in [-0.2, -0.15) is 0 Å². The maximum atomic E-state index is 9.63. The van der Waals surface area contributed by atoms with Crippen LogP contribution in [0.3, 0.4) is 0 Å². The molecule has 5 nitrogen and oxygen atoms in total. The van der Waals surface area contributed by atoms with Crippen LogP contribution in [0.15, 0.2) is 42.1 Å². The van der Waals surface area contributed by atoms with Crippen molar-refractivity contribution < 1.29 is 14.9 Å². The lowest BCUT2D eigenvalue weighted by Gasteiger charge is -2.26. The Morgan fingerprint density at radius 2 is 1.62 bits per heavy atom. The Hall–Kier alpha value is -1.82. The molecule has 5 heteroatoms. The summed E-state index contributed by atoms with van der Waals surface area (Å²) in [7, 11) is 0. The summed E-state index contributed by atoms with van der Waals surface area (Å²) >= 11 is 0. The largest absolute Gasteiger partial charge is 0.399 e. The van der Waals surface area contributed by atoms with Crippen LogP contribution in [-0.2, 0) is 4.74 Å². The van der Waals surface area contributed by atoms with Crippen molar-refractivity contribution in [1.82, 2.24) is 0 Å². The number of ether oxygens (including phenoxy) is 1. The molecule has 0 saturated carbocycles. The SMILES string of the molecule is CCOCC.NC1=CC=C(c2ccc(N)cc2)CC1(O)O. The van der Waals surface area contributed by atoms with Crippen LogP contribution in [0.5, 0.6) is 0 Å². The monoisotopic (exact) mass is 292 g/mol. The second-order valence-electron chi connectivity index (χ2n) is 4.71. The molecule has 1 aliphatic rings. The highest BCUT2D eigenvalue weighted by Crippen LogP contribution is 2.30. The fraction of sp³-hybridized carbons (Fsp3) is 0.375. The number of hydrogen-bond acceptors (Lipinski definition) is 5. The molecule has 1 aliphatic carbocycles. The molecule has 0 heterocycles. The molecule has 0 spiro atoms. The van der Waals surface area contributed by atoms with Crippen molar-refractivity contribution in [3.8, 4) is 0 Å². The normalized spacial score (nSPS) is 16.4. The first-order valence-electron chi connectivity index (χ1n) is 6.96. The lowest BCUT2D eigenvalue weighted by atomic mass is 9.92. The van der Waals surface area contributed by atoms with Crippen LogP contribution in [0.1, 0.15) is 25.8 Å². The fourth-order valence-electron chi connectivity index (χ4n) is 1.85. The van der Waals surface area contributed by atoms with Crippen molar-refractivity contribution in [2.45, 2.75) is 26.1 Å². The van der Waals surface area contributed by atoms with E-state index in [1.54, 1.807) is 18.2 Å². The van der Waals surface area contributed by atoms with E-state index in [2.05, 4.69) is 0 Å². The summed E-state index contributed by atoms with van der Waals surface area (Å²) in [5.41, 5.74) is 13.5. The van der Waals surface area contributed by atoms with E-state index in [0.717, 1.165) is 24.4 Å². The van der Waals surface area contributed by atoms with E-state index in [1.165, 1.54) is 6.08 Å².